The maximum absolute atomic E-state index is 11.5. The second-order valence-electron chi connectivity index (χ2n) is 10.2. The van der Waals surface area contributed by atoms with Crippen molar-refractivity contribution in [2.24, 2.45) is 0 Å². The van der Waals surface area contributed by atoms with Gasteiger partial charge in [-0.3, -0.25) is 4.90 Å². The van der Waals surface area contributed by atoms with Gasteiger partial charge >= 0.3 is 0 Å². The highest BCUT2D eigenvalue weighted by Crippen LogP contribution is 2.44. The molecule has 2 heteroatoms. The van der Waals surface area contributed by atoms with Gasteiger partial charge in [0, 0.05) is 24.5 Å². The van der Waals surface area contributed by atoms with Gasteiger partial charge in [0.2, 0.25) is 0 Å². The van der Waals surface area contributed by atoms with Crippen molar-refractivity contribution < 1.29 is 5.11 Å². The zero-order valence-corrected chi connectivity index (χ0v) is 17.7. The summed E-state index contributed by atoms with van der Waals surface area (Å²) in [6.07, 6.45) is 5.01. The van der Waals surface area contributed by atoms with Gasteiger partial charge in [-0.15, -0.1) is 0 Å². The van der Waals surface area contributed by atoms with Crippen molar-refractivity contribution in [2.45, 2.75) is 75.3 Å². The van der Waals surface area contributed by atoms with E-state index in [0.29, 0.717) is 6.04 Å². The number of hydrogen-bond acceptors (Lipinski definition) is 2. The third-order valence-electron chi connectivity index (χ3n) is 7.37. The minimum absolute atomic E-state index is 0.00853. The summed E-state index contributed by atoms with van der Waals surface area (Å²) < 4.78 is 0. The van der Waals surface area contributed by atoms with Crippen LogP contribution in [0.25, 0.3) is 0 Å². The highest BCUT2D eigenvalue weighted by Gasteiger charge is 2.46. The van der Waals surface area contributed by atoms with Crippen LogP contribution in [0.4, 0.5) is 0 Å². The summed E-state index contributed by atoms with van der Waals surface area (Å²) in [5.74, 6) is 0. The van der Waals surface area contributed by atoms with Crippen LogP contribution in [0.1, 0.15) is 64.0 Å². The fourth-order valence-electron chi connectivity index (χ4n) is 5.76. The molecule has 2 aromatic carbocycles. The number of benzene rings is 2. The van der Waals surface area contributed by atoms with Crippen LogP contribution in [0.3, 0.4) is 0 Å². The highest BCUT2D eigenvalue weighted by atomic mass is 16.3. The van der Waals surface area contributed by atoms with Crippen LogP contribution in [0.5, 0.6) is 0 Å². The lowest BCUT2D eigenvalue weighted by atomic mass is 9.67. The van der Waals surface area contributed by atoms with Crippen LogP contribution in [0.2, 0.25) is 0 Å². The lowest BCUT2D eigenvalue weighted by Crippen LogP contribution is -2.58. The van der Waals surface area contributed by atoms with E-state index in [-0.39, 0.29) is 10.8 Å². The van der Waals surface area contributed by atoms with Gasteiger partial charge in [-0.2, -0.15) is 0 Å². The molecule has 0 aliphatic carbocycles. The Labute approximate surface area is 170 Å². The van der Waals surface area contributed by atoms with Crippen molar-refractivity contribution in [2.75, 3.05) is 13.1 Å². The van der Waals surface area contributed by atoms with Gasteiger partial charge in [0.25, 0.3) is 0 Å². The molecule has 0 amide bonds. The molecule has 3 unspecified atom stereocenters. The first kappa shape index (κ1) is 19.7. The molecule has 2 aliphatic rings. The first-order valence-electron chi connectivity index (χ1n) is 10.9. The maximum Gasteiger partial charge on any atom is 0.0683 e. The molecule has 0 radical (unpaired) electrons. The Morgan fingerprint density at radius 1 is 1.00 bits per heavy atom. The van der Waals surface area contributed by atoms with Crippen molar-refractivity contribution in [1.82, 2.24) is 4.90 Å². The Balaban J connectivity index is 1.45. The van der Waals surface area contributed by atoms with Crippen LogP contribution < -0.4 is 0 Å². The molecule has 2 saturated heterocycles. The summed E-state index contributed by atoms with van der Waals surface area (Å²) in [4.78, 5) is 2.65. The molecule has 0 aromatic heterocycles. The van der Waals surface area contributed by atoms with Crippen LogP contribution >= 0.6 is 0 Å². The molecule has 2 fully saturated rings. The number of aliphatic hydroxyl groups is 1. The molecule has 0 bridgehead atoms. The van der Waals surface area contributed by atoms with Gasteiger partial charge in [-0.25, -0.2) is 0 Å². The Morgan fingerprint density at radius 2 is 1.64 bits per heavy atom. The summed E-state index contributed by atoms with van der Waals surface area (Å²) in [7, 11) is 0. The van der Waals surface area contributed by atoms with Crippen molar-refractivity contribution in [3.05, 3.63) is 71.8 Å². The Hall–Kier alpha value is -1.64. The van der Waals surface area contributed by atoms with Crippen LogP contribution in [-0.4, -0.2) is 34.7 Å². The van der Waals surface area contributed by atoms with E-state index in [4.69, 9.17) is 0 Å². The number of rotatable bonds is 4. The van der Waals surface area contributed by atoms with Crippen molar-refractivity contribution in [3.63, 3.8) is 0 Å². The van der Waals surface area contributed by atoms with E-state index in [9.17, 15) is 5.11 Å². The Bertz CT molecular complexity index is 787. The molecule has 2 heterocycles. The lowest BCUT2D eigenvalue weighted by molar-refractivity contribution is -0.0800. The summed E-state index contributed by atoms with van der Waals surface area (Å²) in [5.41, 5.74) is 2.45. The van der Waals surface area contributed by atoms with Gasteiger partial charge < -0.3 is 5.11 Å². The average molecular weight is 378 g/mol. The van der Waals surface area contributed by atoms with Crippen LogP contribution in [0.15, 0.2) is 60.7 Å². The highest BCUT2D eigenvalue weighted by molar-refractivity contribution is 5.27. The molecule has 4 rings (SSSR count). The van der Waals surface area contributed by atoms with Crippen molar-refractivity contribution in [3.8, 4) is 0 Å². The summed E-state index contributed by atoms with van der Waals surface area (Å²) >= 11 is 0. The van der Waals surface area contributed by atoms with E-state index in [1.54, 1.807) is 0 Å². The Kier molecular flexibility index (Phi) is 5.14. The maximum atomic E-state index is 11.5. The normalized spacial score (nSPS) is 31.4. The molecule has 2 aromatic rings. The third-order valence-corrected chi connectivity index (χ3v) is 7.37. The fourth-order valence-corrected chi connectivity index (χ4v) is 5.76. The molecule has 0 saturated carbocycles. The second-order valence-corrected chi connectivity index (χ2v) is 10.2. The zero-order chi connectivity index (χ0) is 19.8. The average Bonchev–Trinajstić information content (AvgIpc) is 2.69. The minimum Gasteiger partial charge on any atom is -0.390 e. The minimum atomic E-state index is -0.555. The van der Waals surface area contributed by atoms with Gasteiger partial charge in [-0.1, -0.05) is 81.4 Å². The molecule has 150 valence electrons. The van der Waals surface area contributed by atoms with Gasteiger partial charge in [-0.05, 0) is 48.6 Å². The largest absolute Gasteiger partial charge is 0.390 e. The molecular weight excluding hydrogens is 342 g/mol. The van der Waals surface area contributed by atoms with Gasteiger partial charge in [0.05, 0.1) is 5.60 Å². The first-order valence-corrected chi connectivity index (χ1v) is 10.9. The monoisotopic (exact) mass is 377 g/mol. The SMILES string of the molecule is CC(C)(CC1(O)CCN2CC(C)(c3ccccc3)CCC2C1)c1ccccc1. The topological polar surface area (TPSA) is 23.5 Å². The summed E-state index contributed by atoms with van der Waals surface area (Å²) in [5, 5.41) is 11.5. The van der Waals surface area contributed by atoms with Crippen molar-refractivity contribution in [1.29, 1.82) is 0 Å². The fraction of sp³-hybridized carbons (Fsp3) is 0.538. The molecule has 1 N–H and O–H groups in total. The molecule has 28 heavy (non-hydrogen) atoms. The van der Waals surface area contributed by atoms with E-state index in [1.807, 2.05) is 0 Å². The van der Waals surface area contributed by atoms with Crippen molar-refractivity contribution >= 4 is 0 Å². The quantitative estimate of drug-likeness (QED) is 0.781. The molecule has 0 spiro atoms. The molecule has 3 atom stereocenters. The summed E-state index contributed by atoms with van der Waals surface area (Å²) in [6.45, 7) is 9.09. The standard InChI is InChI=1S/C26H35NO/c1-24(2,21-10-6-4-7-11-21)19-26(28)16-17-27-20-25(3,15-14-23(27)18-26)22-12-8-5-9-13-22/h4-13,23,28H,14-20H2,1-3H3. The Morgan fingerprint density at radius 3 is 2.32 bits per heavy atom. The predicted molar refractivity (Wildman–Crippen MR) is 117 cm³/mol. The number of hydrogen-bond donors (Lipinski definition) is 1. The third kappa shape index (κ3) is 3.90. The smallest absolute Gasteiger partial charge is 0.0683 e. The van der Waals surface area contributed by atoms with E-state index >= 15 is 0 Å². The number of nitrogens with zero attached hydrogens (tertiary/aromatic N) is 1. The molecule has 2 nitrogen and oxygen atoms in total. The molecule has 2 aliphatic heterocycles. The lowest BCUT2D eigenvalue weighted by Gasteiger charge is -2.52. The predicted octanol–water partition coefficient (Wildman–Crippen LogP) is 5.30. The summed E-state index contributed by atoms with van der Waals surface area (Å²) in [6, 6.07) is 22.2. The van der Waals surface area contributed by atoms with E-state index in [2.05, 4.69) is 86.3 Å². The number of fused-ring (bicyclic) bond motifs is 1. The van der Waals surface area contributed by atoms with E-state index in [1.165, 1.54) is 24.0 Å². The van der Waals surface area contributed by atoms with Gasteiger partial charge in [0.1, 0.15) is 0 Å². The van der Waals surface area contributed by atoms with Crippen LogP contribution in [-0.2, 0) is 10.8 Å². The van der Waals surface area contributed by atoms with E-state index in [0.717, 1.165) is 32.4 Å². The first-order chi connectivity index (χ1) is 13.3. The second kappa shape index (κ2) is 7.31. The van der Waals surface area contributed by atoms with Crippen LogP contribution in [0, 0.1) is 0 Å². The zero-order valence-electron chi connectivity index (χ0n) is 17.7. The molecular formula is C26H35NO. The van der Waals surface area contributed by atoms with E-state index < -0.39 is 5.60 Å². The number of piperidine rings is 2. The van der Waals surface area contributed by atoms with Gasteiger partial charge in [0.15, 0.2) is 0 Å².